The van der Waals surface area contributed by atoms with E-state index in [-0.39, 0.29) is 11.2 Å². The maximum absolute atomic E-state index is 12.3. The number of methoxy groups -OCH3 is 1. The van der Waals surface area contributed by atoms with Crippen molar-refractivity contribution in [1.82, 2.24) is 10.0 Å². The van der Waals surface area contributed by atoms with Crippen LogP contribution in [0.4, 0.5) is 0 Å². The van der Waals surface area contributed by atoms with Gasteiger partial charge in [-0.3, -0.25) is 0 Å². The van der Waals surface area contributed by atoms with Gasteiger partial charge in [0, 0.05) is 19.1 Å². The van der Waals surface area contributed by atoms with Crippen LogP contribution in [0.5, 0.6) is 0 Å². The smallest absolute Gasteiger partial charge is 0.215 e. The Morgan fingerprint density at radius 3 is 2.68 bits per heavy atom. The van der Waals surface area contributed by atoms with E-state index in [1.165, 1.54) is 0 Å². The van der Waals surface area contributed by atoms with Gasteiger partial charge in [0.15, 0.2) is 0 Å². The molecular formula is C16H26N2O3S. The molecule has 1 aromatic carbocycles. The Bertz CT molecular complexity index is 575. The van der Waals surface area contributed by atoms with Gasteiger partial charge in [0.05, 0.1) is 12.4 Å². The Kier molecular flexibility index (Phi) is 5.97. The van der Waals surface area contributed by atoms with E-state index >= 15 is 0 Å². The van der Waals surface area contributed by atoms with Crippen LogP contribution in [0, 0.1) is 12.3 Å². The molecule has 5 nitrogen and oxygen atoms in total. The molecule has 1 saturated heterocycles. The molecule has 2 rings (SSSR count). The average molecular weight is 326 g/mol. The molecule has 1 heterocycles. The van der Waals surface area contributed by atoms with E-state index in [2.05, 4.69) is 10.0 Å². The minimum Gasteiger partial charge on any atom is -0.384 e. The number of ether oxygens (including phenoxy) is 1. The van der Waals surface area contributed by atoms with E-state index in [1.807, 2.05) is 31.2 Å². The molecule has 1 aliphatic heterocycles. The third-order valence-corrected chi connectivity index (χ3v) is 5.52. The molecule has 0 spiro atoms. The molecule has 22 heavy (non-hydrogen) atoms. The first-order valence-electron chi connectivity index (χ1n) is 7.67. The second kappa shape index (κ2) is 7.55. The topological polar surface area (TPSA) is 67.4 Å². The number of hydrogen-bond donors (Lipinski definition) is 2. The number of benzene rings is 1. The van der Waals surface area contributed by atoms with E-state index in [4.69, 9.17) is 4.74 Å². The van der Waals surface area contributed by atoms with Crippen molar-refractivity contribution in [2.24, 2.45) is 5.41 Å². The van der Waals surface area contributed by atoms with Crippen LogP contribution in [0.25, 0.3) is 0 Å². The van der Waals surface area contributed by atoms with Gasteiger partial charge in [0.1, 0.15) is 0 Å². The summed E-state index contributed by atoms with van der Waals surface area (Å²) in [5, 5.41) is 3.31. The van der Waals surface area contributed by atoms with Gasteiger partial charge in [-0.1, -0.05) is 29.8 Å². The van der Waals surface area contributed by atoms with Crippen molar-refractivity contribution in [2.75, 3.05) is 33.4 Å². The van der Waals surface area contributed by atoms with E-state index in [0.29, 0.717) is 13.2 Å². The maximum atomic E-state index is 12.3. The number of sulfonamides is 1. The van der Waals surface area contributed by atoms with Crippen LogP contribution in [0.15, 0.2) is 24.3 Å². The van der Waals surface area contributed by atoms with Crippen molar-refractivity contribution in [3.63, 3.8) is 0 Å². The summed E-state index contributed by atoms with van der Waals surface area (Å²) in [4.78, 5) is 0. The van der Waals surface area contributed by atoms with Crippen molar-refractivity contribution in [2.45, 2.75) is 25.5 Å². The molecule has 0 saturated carbocycles. The highest BCUT2D eigenvalue weighted by Crippen LogP contribution is 2.28. The number of rotatable bonds is 7. The van der Waals surface area contributed by atoms with Crippen molar-refractivity contribution in [3.8, 4) is 0 Å². The lowest BCUT2D eigenvalue weighted by atomic mass is 9.80. The van der Waals surface area contributed by atoms with Gasteiger partial charge in [0.25, 0.3) is 0 Å². The molecule has 6 heteroatoms. The normalized spacial score (nSPS) is 18.3. The highest BCUT2D eigenvalue weighted by atomic mass is 32.2. The summed E-state index contributed by atoms with van der Waals surface area (Å²) in [5.74, 6) is 0.0238. The van der Waals surface area contributed by atoms with Gasteiger partial charge in [-0.15, -0.1) is 0 Å². The van der Waals surface area contributed by atoms with Gasteiger partial charge in [-0.25, -0.2) is 13.1 Å². The number of hydrogen-bond acceptors (Lipinski definition) is 4. The Morgan fingerprint density at radius 2 is 2.05 bits per heavy atom. The van der Waals surface area contributed by atoms with Crippen LogP contribution < -0.4 is 10.0 Å². The van der Waals surface area contributed by atoms with Gasteiger partial charge in [-0.05, 0) is 38.4 Å². The number of piperidine rings is 1. The van der Waals surface area contributed by atoms with Crippen molar-refractivity contribution >= 4 is 10.0 Å². The van der Waals surface area contributed by atoms with E-state index < -0.39 is 10.0 Å². The summed E-state index contributed by atoms with van der Waals surface area (Å²) in [5.41, 5.74) is 1.79. The summed E-state index contributed by atoms with van der Waals surface area (Å²) >= 11 is 0. The molecule has 0 radical (unpaired) electrons. The predicted octanol–water partition coefficient (Wildman–Crippen LogP) is 1.43. The summed E-state index contributed by atoms with van der Waals surface area (Å²) in [6.07, 6.45) is 1.85. The molecule has 0 atom stereocenters. The molecule has 0 unspecified atom stereocenters. The minimum absolute atomic E-state index is 0.0238. The average Bonchev–Trinajstić information content (AvgIpc) is 2.46. The molecule has 1 fully saturated rings. The van der Waals surface area contributed by atoms with Gasteiger partial charge >= 0.3 is 0 Å². The Morgan fingerprint density at radius 1 is 1.32 bits per heavy atom. The first-order valence-corrected chi connectivity index (χ1v) is 9.33. The quantitative estimate of drug-likeness (QED) is 0.795. The molecule has 0 aliphatic carbocycles. The molecular weight excluding hydrogens is 300 g/mol. The first kappa shape index (κ1) is 17.4. The maximum Gasteiger partial charge on any atom is 0.215 e. The largest absolute Gasteiger partial charge is 0.384 e. The molecule has 2 N–H and O–H groups in total. The van der Waals surface area contributed by atoms with Gasteiger partial charge in [-0.2, -0.15) is 0 Å². The lowest BCUT2D eigenvalue weighted by Crippen LogP contribution is -2.47. The van der Waals surface area contributed by atoms with Crippen LogP contribution >= 0.6 is 0 Å². The molecule has 0 aromatic heterocycles. The molecule has 1 aromatic rings. The van der Waals surface area contributed by atoms with Gasteiger partial charge < -0.3 is 10.1 Å². The zero-order valence-electron chi connectivity index (χ0n) is 13.4. The predicted molar refractivity (Wildman–Crippen MR) is 88.2 cm³/mol. The van der Waals surface area contributed by atoms with Crippen LogP contribution in [-0.2, 0) is 20.5 Å². The van der Waals surface area contributed by atoms with Crippen molar-refractivity contribution < 1.29 is 13.2 Å². The molecule has 0 amide bonds. The Hall–Kier alpha value is -0.950. The third-order valence-electron chi connectivity index (χ3n) is 4.22. The zero-order valence-corrected chi connectivity index (χ0v) is 14.2. The lowest BCUT2D eigenvalue weighted by molar-refractivity contribution is 0.0577. The first-order chi connectivity index (χ1) is 10.4. The Labute approximate surface area is 133 Å². The second-order valence-electron chi connectivity index (χ2n) is 6.25. The van der Waals surface area contributed by atoms with Crippen LogP contribution in [0.2, 0.25) is 0 Å². The Balaban J connectivity index is 1.98. The fourth-order valence-corrected chi connectivity index (χ4v) is 4.22. The van der Waals surface area contributed by atoms with E-state index in [1.54, 1.807) is 7.11 Å². The number of aryl methyl sites for hydroxylation is 1. The van der Waals surface area contributed by atoms with E-state index in [9.17, 15) is 8.42 Å². The summed E-state index contributed by atoms with van der Waals surface area (Å²) in [6, 6.07) is 7.61. The summed E-state index contributed by atoms with van der Waals surface area (Å²) < 4.78 is 32.8. The van der Waals surface area contributed by atoms with Crippen LogP contribution in [0.3, 0.4) is 0 Å². The van der Waals surface area contributed by atoms with E-state index in [0.717, 1.165) is 37.1 Å². The highest BCUT2D eigenvalue weighted by Gasteiger charge is 2.33. The molecule has 124 valence electrons. The summed E-state index contributed by atoms with van der Waals surface area (Å²) in [6.45, 7) is 4.80. The minimum atomic E-state index is -3.33. The number of nitrogens with one attached hydrogen (secondary N) is 2. The van der Waals surface area contributed by atoms with Crippen LogP contribution in [-0.4, -0.2) is 41.8 Å². The molecule has 1 aliphatic rings. The lowest BCUT2D eigenvalue weighted by Gasteiger charge is -2.37. The third kappa shape index (κ3) is 5.05. The standard InChI is InChI=1S/C16H26N2O3S/c1-14-4-3-5-15(10-14)11-22(19,20)18-12-16(13-21-2)6-8-17-9-7-16/h3-5,10,17-18H,6-9,11-13H2,1-2H3. The van der Waals surface area contributed by atoms with Crippen LogP contribution in [0.1, 0.15) is 24.0 Å². The molecule has 0 bridgehead atoms. The van der Waals surface area contributed by atoms with Crippen molar-refractivity contribution in [1.29, 1.82) is 0 Å². The monoisotopic (exact) mass is 326 g/mol. The SMILES string of the molecule is COCC1(CNS(=O)(=O)Cc2cccc(C)c2)CCNCC1. The zero-order chi connectivity index (χ0) is 16.1. The fourth-order valence-electron chi connectivity index (χ4n) is 2.97. The summed E-state index contributed by atoms with van der Waals surface area (Å²) in [7, 11) is -1.66. The highest BCUT2D eigenvalue weighted by molar-refractivity contribution is 7.88. The van der Waals surface area contributed by atoms with Gasteiger partial charge in [0.2, 0.25) is 10.0 Å². The second-order valence-corrected chi connectivity index (χ2v) is 8.06. The fraction of sp³-hybridized carbons (Fsp3) is 0.625. The van der Waals surface area contributed by atoms with Crippen molar-refractivity contribution in [3.05, 3.63) is 35.4 Å².